The van der Waals surface area contributed by atoms with Crippen LogP contribution in [0.15, 0.2) is 29.2 Å². The highest BCUT2D eigenvalue weighted by atomic mass is 32.2. The van der Waals surface area contributed by atoms with Gasteiger partial charge in [0.25, 0.3) is 10.1 Å². The van der Waals surface area contributed by atoms with Gasteiger partial charge in [-0.15, -0.1) is 0 Å². The lowest BCUT2D eigenvalue weighted by Gasteiger charge is -2.10. The summed E-state index contributed by atoms with van der Waals surface area (Å²) in [5, 5.41) is 11.6. The van der Waals surface area contributed by atoms with Gasteiger partial charge in [0.1, 0.15) is 0 Å². The van der Waals surface area contributed by atoms with E-state index in [1.165, 1.54) is 12.1 Å². The first kappa shape index (κ1) is 13.0. The predicted octanol–water partition coefficient (Wildman–Crippen LogP) is 0.954. The number of rotatable bonds is 3. The van der Waals surface area contributed by atoms with E-state index in [1.807, 2.05) is 13.0 Å². The zero-order valence-electron chi connectivity index (χ0n) is 9.96. The molecule has 1 aromatic rings. The van der Waals surface area contributed by atoms with Gasteiger partial charge in [0.15, 0.2) is 0 Å². The Bertz CT molecular complexity index is 560. The van der Waals surface area contributed by atoms with Gasteiger partial charge >= 0.3 is 0 Å². The summed E-state index contributed by atoms with van der Waals surface area (Å²) in [6.45, 7) is 2.26. The zero-order chi connectivity index (χ0) is 13.2. The molecule has 1 fully saturated rings. The molecule has 1 N–H and O–H groups in total. The van der Waals surface area contributed by atoms with Gasteiger partial charge in [-0.1, -0.05) is 17.7 Å². The Balaban J connectivity index is 2.09. The van der Waals surface area contributed by atoms with Gasteiger partial charge in [0.2, 0.25) is 0 Å². The van der Waals surface area contributed by atoms with Gasteiger partial charge in [-0.05, 0) is 19.1 Å². The summed E-state index contributed by atoms with van der Waals surface area (Å²) in [6, 6.07) is 8.20. The van der Waals surface area contributed by atoms with Gasteiger partial charge in [-0.3, -0.25) is 9.50 Å². The highest BCUT2D eigenvalue weighted by Crippen LogP contribution is 2.19. The summed E-state index contributed by atoms with van der Waals surface area (Å²) >= 11 is 0. The van der Waals surface area contributed by atoms with Crippen LogP contribution in [0.4, 0.5) is 0 Å². The molecule has 0 saturated carbocycles. The molecule has 1 saturated heterocycles. The first-order valence-electron chi connectivity index (χ1n) is 5.64. The second kappa shape index (κ2) is 5.06. The van der Waals surface area contributed by atoms with E-state index in [1.54, 1.807) is 12.1 Å². The molecular weight excluding hydrogens is 252 g/mol. The van der Waals surface area contributed by atoms with Crippen molar-refractivity contribution in [2.24, 2.45) is 0 Å². The van der Waals surface area contributed by atoms with E-state index < -0.39 is 16.2 Å². The normalized spacial score (nSPS) is 23.8. The monoisotopic (exact) mass is 266 g/mol. The van der Waals surface area contributed by atoms with Crippen LogP contribution in [0.2, 0.25) is 0 Å². The van der Waals surface area contributed by atoms with Crippen molar-refractivity contribution >= 4 is 10.1 Å². The lowest BCUT2D eigenvalue weighted by molar-refractivity contribution is 0.228. The van der Waals surface area contributed by atoms with Crippen molar-refractivity contribution in [2.45, 2.75) is 30.4 Å². The number of nitrogens with zero attached hydrogens (tertiary/aromatic N) is 1. The molecule has 6 heteroatoms. The van der Waals surface area contributed by atoms with Crippen LogP contribution in [0, 0.1) is 18.3 Å². The maximum Gasteiger partial charge on any atom is 0.297 e. The lowest BCUT2D eigenvalue weighted by Crippen LogP contribution is -2.22. The van der Waals surface area contributed by atoms with Gasteiger partial charge in [0.05, 0.1) is 23.1 Å². The Hall–Kier alpha value is -1.42. The van der Waals surface area contributed by atoms with Crippen molar-refractivity contribution in [1.29, 1.82) is 5.26 Å². The Morgan fingerprint density at radius 1 is 1.39 bits per heavy atom. The third-order valence-electron chi connectivity index (χ3n) is 2.82. The van der Waals surface area contributed by atoms with E-state index >= 15 is 0 Å². The van der Waals surface area contributed by atoms with Crippen LogP contribution in [0.5, 0.6) is 0 Å². The number of aryl methyl sites for hydroxylation is 1. The van der Waals surface area contributed by atoms with Crippen LogP contribution in [0.3, 0.4) is 0 Å². The summed E-state index contributed by atoms with van der Waals surface area (Å²) in [7, 11) is -3.74. The van der Waals surface area contributed by atoms with Crippen LogP contribution >= 0.6 is 0 Å². The van der Waals surface area contributed by atoms with Gasteiger partial charge in [0, 0.05) is 13.0 Å². The van der Waals surface area contributed by atoms with Crippen LogP contribution in [-0.4, -0.2) is 27.1 Å². The van der Waals surface area contributed by atoms with Crippen LogP contribution in [-0.2, 0) is 14.3 Å². The fourth-order valence-electron chi connectivity index (χ4n) is 1.81. The molecule has 1 heterocycles. The zero-order valence-corrected chi connectivity index (χ0v) is 10.8. The topological polar surface area (TPSA) is 79.2 Å². The Morgan fingerprint density at radius 3 is 2.61 bits per heavy atom. The average molecular weight is 266 g/mol. The molecule has 0 unspecified atom stereocenters. The molecule has 2 atom stereocenters. The van der Waals surface area contributed by atoms with E-state index in [-0.39, 0.29) is 10.9 Å². The van der Waals surface area contributed by atoms with E-state index in [0.29, 0.717) is 13.0 Å². The molecule has 96 valence electrons. The van der Waals surface area contributed by atoms with Crippen molar-refractivity contribution < 1.29 is 12.6 Å². The first-order chi connectivity index (χ1) is 8.51. The van der Waals surface area contributed by atoms with E-state index in [0.717, 1.165) is 5.56 Å². The minimum atomic E-state index is -3.74. The van der Waals surface area contributed by atoms with E-state index in [4.69, 9.17) is 9.44 Å². The number of nitriles is 1. The number of benzene rings is 1. The molecule has 0 bridgehead atoms. The van der Waals surface area contributed by atoms with Crippen LogP contribution in [0.25, 0.3) is 0 Å². The molecule has 0 aliphatic carbocycles. The quantitative estimate of drug-likeness (QED) is 0.824. The second-order valence-electron chi connectivity index (χ2n) is 4.31. The fourth-order valence-corrected chi connectivity index (χ4v) is 2.90. The predicted molar refractivity (Wildman–Crippen MR) is 65.3 cm³/mol. The van der Waals surface area contributed by atoms with E-state index in [2.05, 4.69) is 5.32 Å². The number of hydrogen-bond acceptors (Lipinski definition) is 5. The molecule has 0 amide bonds. The molecule has 2 rings (SSSR count). The molecule has 1 aliphatic rings. The Morgan fingerprint density at radius 2 is 2.06 bits per heavy atom. The third kappa shape index (κ3) is 2.88. The minimum absolute atomic E-state index is 0.147. The van der Waals surface area contributed by atoms with Gasteiger partial charge in [-0.2, -0.15) is 13.7 Å². The molecule has 0 aromatic heterocycles. The molecular formula is C12H14N2O3S. The van der Waals surface area contributed by atoms with Crippen molar-refractivity contribution in [3.63, 3.8) is 0 Å². The van der Waals surface area contributed by atoms with Gasteiger partial charge < -0.3 is 0 Å². The summed E-state index contributed by atoms with van der Waals surface area (Å²) in [4.78, 5) is 0.147. The van der Waals surface area contributed by atoms with Crippen LogP contribution in [0.1, 0.15) is 12.0 Å². The van der Waals surface area contributed by atoms with Crippen molar-refractivity contribution in [3.05, 3.63) is 29.8 Å². The highest BCUT2D eigenvalue weighted by molar-refractivity contribution is 7.86. The SMILES string of the molecule is Cc1ccc(S(=O)(=O)O[C@H]2CN[C@H](C#N)C2)cc1. The highest BCUT2D eigenvalue weighted by Gasteiger charge is 2.29. The number of nitrogens with one attached hydrogen (secondary N) is 1. The molecule has 18 heavy (non-hydrogen) atoms. The summed E-state index contributed by atoms with van der Waals surface area (Å²) in [6.07, 6.45) is -0.0809. The summed E-state index contributed by atoms with van der Waals surface area (Å²) in [5.41, 5.74) is 0.987. The Labute approximate surface area is 107 Å². The summed E-state index contributed by atoms with van der Waals surface area (Å²) < 4.78 is 29.0. The molecule has 0 radical (unpaired) electrons. The number of hydrogen-bond donors (Lipinski definition) is 1. The van der Waals surface area contributed by atoms with Crippen molar-refractivity contribution in [2.75, 3.05) is 6.54 Å². The molecule has 0 spiro atoms. The van der Waals surface area contributed by atoms with Crippen molar-refractivity contribution in [3.8, 4) is 6.07 Å². The standard InChI is InChI=1S/C12H14N2O3S/c1-9-2-4-12(5-3-9)18(15,16)17-11-6-10(7-13)14-8-11/h2-5,10-11,14H,6,8H2,1H3/t10-,11+/m0/s1. The first-order valence-corrected chi connectivity index (χ1v) is 7.05. The lowest BCUT2D eigenvalue weighted by atomic mass is 10.2. The smallest absolute Gasteiger partial charge is 0.297 e. The van der Waals surface area contributed by atoms with Gasteiger partial charge in [-0.25, -0.2) is 0 Å². The minimum Gasteiger partial charge on any atom is -0.299 e. The van der Waals surface area contributed by atoms with Crippen molar-refractivity contribution in [1.82, 2.24) is 5.32 Å². The summed E-state index contributed by atoms with van der Waals surface area (Å²) in [5.74, 6) is 0. The average Bonchev–Trinajstić information content (AvgIpc) is 2.76. The molecule has 5 nitrogen and oxygen atoms in total. The largest absolute Gasteiger partial charge is 0.299 e. The fraction of sp³-hybridized carbons (Fsp3) is 0.417. The molecule has 1 aromatic carbocycles. The maximum absolute atomic E-state index is 12.0. The third-order valence-corrected chi connectivity index (χ3v) is 4.19. The molecule has 1 aliphatic heterocycles. The maximum atomic E-state index is 12.0. The van der Waals surface area contributed by atoms with E-state index in [9.17, 15) is 8.42 Å². The van der Waals surface area contributed by atoms with Crippen LogP contribution < -0.4 is 5.32 Å². The second-order valence-corrected chi connectivity index (χ2v) is 5.88. The Kier molecular flexibility index (Phi) is 3.66.